The second-order valence-corrected chi connectivity index (χ2v) is 7.69. The van der Waals surface area contributed by atoms with Crippen LogP contribution in [0, 0.1) is 0 Å². The van der Waals surface area contributed by atoms with Gasteiger partial charge in [-0.2, -0.15) is 28.6 Å². The Morgan fingerprint density at radius 2 is 2.33 bits per heavy atom. The largest absolute Gasteiger partial charge is 0.381 e. The molecule has 0 radical (unpaired) electrons. The van der Waals surface area contributed by atoms with Gasteiger partial charge in [-0.25, -0.2) is 0 Å². The first-order valence-electron chi connectivity index (χ1n) is 7.40. The maximum Gasteiger partial charge on any atom is 0.241 e. The van der Waals surface area contributed by atoms with Crippen molar-refractivity contribution in [3.8, 4) is 0 Å². The van der Waals surface area contributed by atoms with Crippen LogP contribution in [0.1, 0.15) is 24.1 Å². The maximum atomic E-state index is 12.0. The monoisotopic (exact) mass is 327 g/mol. The molecule has 1 saturated heterocycles. The molecule has 5 nitrogen and oxygen atoms in total. The number of carbonyl (C=O) groups excluding carboxylic acids is 1. The van der Waals surface area contributed by atoms with E-state index in [2.05, 4.69) is 10.4 Å². The first-order chi connectivity index (χ1) is 10.3. The van der Waals surface area contributed by atoms with Crippen LogP contribution in [0.2, 0.25) is 0 Å². The lowest BCUT2D eigenvalue weighted by atomic mass is 10.2. The molecule has 1 amide bonds. The molecule has 0 saturated carbocycles. The highest BCUT2D eigenvalue weighted by Crippen LogP contribution is 2.29. The third-order valence-electron chi connectivity index (χ3n) is 3.77. The Labute approximate surface area is 133 Å². The van der Waals surface area contributed by atoms with E-state index in [9.17, 15) is 4.79 Å². The first-order valence-corrected chi connectivity index (χ1v) is 9.60. The summed E-state index contributed by atoms with van der Waals surface area (Å²) in [5, 5.41) is 7.99. The van der Waals surface area contributed by atoms with E-state index in [0.29, 0.717) is 11.8 Å². The first kappa shape index (κ1) is 15.2. The van der Waals surface area contributed by atoms with Crippen molar-refractivity contribution in [3.05, 3.63) is 17.5 Å². The molecule has 116 valence electrons. The van der Waals surface area contributed by atoms with E-state index in [1.165, 1.54) is 11.3 Å². The van der Waals surface area contributed by atoms with Crippen LogP contribution < -0.4 is 5.32 Å². The summed E-state index contributed by atoms with van der Waals surface area (Å²) in [5.41, 5.74) is 2.50. The standard InChI is InChI=1S/C14H21N3O2S2/c18-14(8-17-13-10-20-9-11(13)7-16-17)15-3-6-21-12-1-4-19-5-2-12/h7,12H,1-6,8-10H2,(H,15,18). The van der Waals surface area contributed by atoms with Crippen molar-refractivity contribution < 1.29 is 9.53 Å². The van der Waals surface area contributed by atoms with E-state index in [-0.39, 0.29) is 5.91 Å². The Bertz CT molecular complexity index is 487. The average Bonchev–Trinajstić information content (AvgIpc) is 3.10. The van der Waals surface area contributed by atoms with Crippen molar-refractivity contribution in [2.75, 3.05) is 25.5 Å². The summed E-state index contributed by atoms with van der Waals surface area (Å²) in [5.74, 6) is 3.04. The molecule has 0 unspecified atom stereocenters. The van der Waals surface area contributed by atoms with Crippen LogP contribution in [-0.4, -0.2) is 46.4 Å². The number of aromatic nitrogens is 2. The van der Waals surface area contributed by atoms with Crippen molar-refractivity contribution in [2.45, 2.75) is 36.1 Å². The summed E-state index contributed by atoms with van der Waals surface area (Å²) >= 11 is 3.83. The van der Waals surface area contributed by atoms with Crippen LogP contribution in [0.3, 0.4) is 0 Å². The second-order valence-electron chi connectivity index (χ2n) is 5.30. The molecule has 0 bridgehead atoms. The molecule has 1 aromatic heterocycles. The van der Waals surface area contributed by atoms with Crippen LogP contribution in [0.4, 0.5) is 0 Å². The second kappa shape index (κ2) is 7.56. The zero-order chi connectivity index (χ0) is 14.5. The molecule has 21 heavy (non-hydrogen) atoms. The van der Waals surface area contributed by atoms with Crippen LogP contribution >= 0.6 is 23.5 Å². The number of nitrogens with zero attached hydrogens (tertiary/aromatic N) is 2. The number of amides is 1. The molecule has 2 aliphatic rings. The van der Waals surface area contributed by atoms with Gasteiger partial charge in [-0.05, 0) is 12.8 Å². The molecule has 2 aliphatic heterocycles. The third kappa shape index (κ3) is 4.17. The summed E-state index contributed by atoms with van der Waals surface area (Å²) in [4.78, 5) is 12.0. The summed E-state index contributed by atoms with van der Waals surface area (Å²) in [7, 11) is 0. The Morgan fingerprint density at radius 1 is 1.48 bits per heavy atom. The summed E-state index contributed by atoms with van der Waals surface area (Å²) < 4.78 is 7.19. The number of ether oxygens (including phenoxy) is 1. The smallest absolute Gasteiger partial charge is 0.241 e. The number of thioether (sulfide) groups is 2. The molecule has 0 aliphatic carbocycles. The number of carbonyl (C=O) groups is 1. The van der Waals surface area contributed by atoms with E-state index in [4.69, 9.17) is 4.74 Å². The zero-order valence-electron chi connectivity index (χ0n) is 12.0. The number of rotatable bonds is 6. The number of hydrogen-bond donors (Lipinski definition) is 1. The summed E-state index contributed by atoms with van der Waals surface area (Å²) in [6.07, 6.45) is 4.16. The molecule has 0 spiro atoms. The van der Waals surface area contributed by atoms with Gasteiger partial charge >= 0.3 is 0 Å². The van der Waals surface area contributed by atoms with E-state index >= 15 is 0 Å². The molecule has 7 heteroatoms. The van der Waals surface area contributed by atoms with Gasteiger partial charge in [0.25, 0.3) is 0 Å². The molecule has 1 fully saturated rings. The number of fused-ring (bicyclic) bond motifs is 1. The van der Waals surface area contributed by atoms with Crippen molar-refractivity contribution in [1.82, 2.24) is 15.1 Å². The quantitative estimate of drug-likeness (QED) is 0.805. The molecule has 1 aromatic rings. The number of hydrogen-bond acceptors (Lipinski definition) is 5. The molecule has 0 atom stereocenters. The zero-order valence-corrected chi connectivity index (χ0v) is 13.7. The van der Waals surface area contributed by atoms with E-state index < -0.39 is 0 Å². The Balaban J connectivity index is 1.34. The molecular weight excluding hydrogens is 306 g/mol. The fourth-order valence-corrected chi connectivity index (χ4v) is 4.75. The van der Waals surface area contributed by atoms with Gasteiger partial charge in [0.1, 0.15) is 6.54 Å². The highest BCUT2D eigenvalue weighted by atomic mass is 32.2. The van der Waals surface area contributed by atoms with Crippen LogP contribution in [0.25, 0.3) is 0 Å². The number of nitrogens with one attached hydrogen (secondary N) is 1. The Hall–Kier alpha value is -0.660. The highest BCUT2D eigenvalue weighted by molar-refractivity contribution is 7.99. The van der Waals surface area contributed by atoms with Gasteiger partial charge in [-0.3, -0.25) is 9.48 Å². The van der Waals surface area contributed by atoms with Crippen molar-refractivity contribution in [1.29, 1.82) is 0 Å². The van der Waals surface area contributed by atoms with Crippen molar-refractivity contribution in [2.24, 2.45) is 0 Å². The lowest BCUT2D eigenvalue weighted by Crippen LogP contribution is -2.31. The summed E-state index contributed by atoms with van der Waals surface area (Å²) in [6, 6.07) is 0. The third-order valence-corrected chi connectivity index (χ3v) is 6.15. The SMILES string of the molecule is O=C(Cn1ncc2c1CSC2)NCCSC1CCOCC1. The average molecular weight is 327 g/mol. The highest BCUT2D eigenvalue weighted by Gasteiger charge is 2.18. The Kier molecular flexibility index (Phi) is 5.49. The topological polar surface area (TPSA) is 56.2 Å². The van der Waals surface area contributed by atoms with E-state index in [0.717, 1.165) is 49.9 Å². The molecular formula is C14H21N3O2S2. The van der Waals surface area contributed by atoms with Gasteiger partial charge in [0.2, 0.25) is 5.91 Å². The predicted molar refractivity (Wildman–Crippen MR) is 86.5 cm³/mol. The van der Waals surface area contributed by atoms with Crippen LogP contribution in [0.15, 0.2) is 6.20 Å². The normalized spacial score (nSPS) is 18.7. The lowest BCUT2D eigenvalue weighted by Gasteiger charge is -2.21. The minimum atomic E-state index is 0.0605. The van der Waals surface area contributed by atoms with Gasteiger partial charge < -0.3 is 10.1 Å². The van der Waals surface area contributed by atoms with Gasteiger partial charge in [-0.1, -0.05) is 0 Å². The van der Waals surface area contributed by atoms with Crippen LogP contribution in [0.5, 0.6) is 0 Å². The van der Waals surface area contributed by atoms with Gasteiger partial charge in [-0.15, -0.1) is 0 Å². The van der Waals surface area contributed by atoms with E-state index in [1.807, 2.05) is 34.4 Å². The van der Waals surface area contributed by atoms with Crippen LogP contribution in [-0.2, 0) is 27.6 Å². The van der Waals surface area contributed by atoms with Gasteiger partial charge in [0.05, 0.1) is 11.9 Å². The minimum Gasteiger partial charge on any atom is -0.381 e. The lowest BCUT2D eigenvalue weighted by molar-refractivity contribution is -0.121. The molecule has 3 rings (SSSR count). The molecule has 1 N–H and O–H groups in total. The maximum absolute atomic E-state index is 12.0. The predicted octanol–water partition coefficient (Wildman–Crippen LogP) is 1.66. The van der Waals surface area contributed by atoms with Gasteiger partial charge in [0.15, 0.2) is 0 Å². The Morgan fingerprint density at radius 3 is 3.19 bits per heavy atom. The van der Waals surface area contributed by atoms with E-state index in [1.54, 1.807) is 0 Å². The molecule has 3 heterocycles. The molecule has 0 aromatic carbocycles. The summed E-state index contributed by atoms with van der Waals surface area (Å²) in [6.45, 7) is 2.84. The van der Waals surface area contributed by atoms with Gasteiger partial charge in [0, 0.05) is 47.8 Å². The van der Waals surface area contributed by atoms with Crippen molar-refractivity contribution >= 4 is 29.4 Å². The fraction of sp³-hybridized carbons (Fsp3) is 0.714. The van der Waals surface area contributed by atoms with Crippen molar-refractivity contribution in [3.63, 3.8) is 0 Å². The fourth-order valence-electron chi connectivity index (χ4n) is 2.58. The minimum absolute atomic E-state index is 0.0605.